The molecule has 3 heterocycles. The first-order valence-corrected chi connectivity index (χ1v) is 16.8. The molecule has 2 aromatic carbocycles. The largest absolute Gasteiger partial charge is 0.354 e. The Kier molecular flexibility index (Phi) is 8.86. The van der Waals surface area contributed by atoms with Gasteiger partial charge in [-0.25, -0.2) is 9.97 Å². The summed E-state index contributed by atoms with van der Waals surface area (Å²) in [5, 5.41) is 1.12. The summed E-state index contributed by atoms with van der Waals surface area (Å²) in [6.07, 6.45) is 7.80. The van der Waals surface area contributed by atoms with Crippen LogP contribution in [0.3, 0.4) is 0 Å². The lowest BCUT2D eigenvalue weighted by Gasteiger charge is -2.39. The van der Waals surface area contributed by atoms with Gasteiger partial charge in [-0.15, -0.1) is 0 Å². The Bertz CT molecular complexity index is 1470. The molecule has 2 bridgehead atoms. The second kappa shape index (κ2) is 12.6. The van der Waals surface area contributed by atoms with Crippen molar-refractivity contribution in [2.45, 2.75) is 57.0 Å². The van der Waals surface area contributed by atoms with Crippen molar-refractivity contribution < 1.29 is 4.79 Å². The van der Waals surface area contributed by atoms with Gasteiger partial charge in [0.1, 0.15) is 11.0 Å². The van der Waals surface area contributed by atoms with E-state index in [2.05, 4.69) is 82.9 Å². The predicted molar refractivity (Wildman–Crippen MR) is 178 cm³/mol. The Labute approximate surface area is 265 Å². The third-order valence-corrected chi connectivity index (χ3v) is 10.2. The van der Waals surface area contributed by atoms with Gasteiger partial charge in [-0.3, -0.25) is 9.69 Å². The Morgan fingerprint density at radius 3 is 2.58 bits per heavy atom. The molecule has 3 aromatic rings. The Balaban J connectivity index is 1.04. The summed E-state index contributed by atoms with van der Waals surface area (Å²) in [5.41, 5.74) is 3.60. The van der Waals surface area contributed by atoms with Gasteiger partial charge in [-0.05, 0) is 53.4 Å². The van der Waals surface area contributed by atoms with Gasteiger partial charge in [0, 0.05) is 62.7 Å². The third-order valence-electron chi connectivity index (χ3n) is 9.05. The van der Waals surface area contributed by atoms with Crippen molar-refractivity contribution in [1.82, 2.24) is 19.8 Å². The highest BCUT2D eigenvalue weighted by atomic mass is 35.5. The highest BCUT2D eigenvalue weighted by molar-refractivity contribution is 7.98. The van der Waals surface area contributed by atoms with Gasteiger partial charge in [0.2, 0.25) is 0 Å². The topological polar surface area (TPSA) is 52.6 Å². The van der Waals surface area contributed by atoms with E-state index >= 15 is 0 Å². The van der Waals surface area contributed by atoms with E-state index in [1.165, 1.54) is 12.0 Å². The molecule has 1 aliphatic carbocycles. The van der Waals surface area contributed by atoms with Crippen molar-refractivity contribution in [3.8, 4) is 0 Å². The quantitative estimate of drug-likeness (QED) is 0.151. The summed E-state index contributed by atoms with van der Waals surface area (Å²) in [4.78, 5) is 29.9. The van der Waals surface area contributed by atoms with Gasteiger partial charge in [0.25, 0.3) is 5.91 Å². The molecule has 1 aromatic heterocycles. The molecule has 0 radical (unpaired) electrons. The van der Waals surface area contributed by atoms with E-state index in [0.29, 0.717) is 22.1 Å². The maximum Gasteiger partial charge on any atom is 0.254 e. The van der Waals surface area contributed by atoms with Gasteiger partial charge < -0.3 is 9.80 Å². The van der Waals surface area contributed by atoms with Gasteiger partial charge in [0.05, 0.1) is 0 Å². The van der Waals surface area contributed by atoms with Crippen LogP contribution in [0.25, 0.3) is 6.08 Å². The first-order chi connectivity index (χ1) is 20.6. The second-order valence-corrected chi connectivity index (χ2v) is 14.9. The summed E-state index contributed by atoms with van der Waals surface area (Å²) >= 11 is 8.03. The summed E-state index contributed by atoms with van der Waals surface area (Å²) in [6, 6.07) is 20.7. The number of hydrogen-bond acceptors (Lipinski definition) is 6. The van der Waals surface area contributed by atoms with E-state index < -0.39 is 0 Å². The fourth-order valence-corrected chi connectivity index (χ4v) is 8.50. The molecular weight excluding hydrogens is 574 g/mol. The van der Waals surface area contributed by atoms with Crippen LogP contribution in [-0.4, -0.2) is 71.0 Å². The molecule has 0 N–H and O–H groups in total. The Morgan fingerprint density at radius 1 is 1.00 bits per heavy atom. The number of carbonyl (C=O) groups is 1. The molecule has 2 aliphatic heterocycles. The summed E-state index contributed by atoms with van der Waals surface area (Å²) in [6.45, 7) is 12.6. The van der Waals surface area contributed by atoms with E-state index in [0.717, 1.165) is 69.1 Å². The number of anilines is 1. The maximum absolute atomic E-state index is 13.6. The van der Waals surface area contributed by atoms with Crippen molar-refractivity contribution >= 4 is 41.2 Å². The zero-order chi connectivity index (χ0) is 30.0. The number of halogens is 1. The van der Waals surface area contributed by atoms with Crippen LogP contribution in [0.5, 0.6) is 0 Å². The molecule has 3 fully saturated rings. The van der Waals surface area contributed by atoms with Crippen molar-refractivity contribution in [1.29, 1.82) is 0 Å². The van der Waals surface area contributed by atoms with E-state index in [4.69, 9.17) is 16.6 Å². The normalized spacial score (nSPS) is 23.7. The molecule has 3 aliphatic rings. The van der Waals surface area contributed by atoms with Gasteiger partial charge in [-0.1, -0.05) is 98.8 Å². The van der Waals surface area contributed by atoms with Crippen molar-refractivity contribution in [3.05, 3.63) is 88.6 Å². The molecule has 226 valence electrons. The molecule has 0 spiro atoms. The lowest BCUT2D eigenvalue weighted by molar-refractivity contribution is 0.0708. The predicted octanol–water partition coefficient (Wildman–Crippen LogP) is 7.30. The number of aromatic nitrogens is 2. The number of hydrogen-bond donors (Lipinski definition) is 0. The average molecular weight is 616 g/mol. The SMILES string of the molecule is CC1(C)CC2CC(C)(CN2C(=O)c2cccc(CSc3nc(Cl)cc(N4CCN(C/C=C/c5ccccc5)CC4)n3)c2)C1. The first-order valence-electron chi connectivity index (χ1n) is 15.4. The van der Waals surface area contributed by atoms with Gasteiger partial charge in [-0.2, -0.15) is 0 Å². The minimum absolute atomic E-state index is 0.161. The number of likely N-dealkylation sites (tertiary alicyclic amines) is 1. The molecule has 6 nitrogen and oxygen atoms in total. The fourth-order valence-electron chi connectivity index (χ4n) is 7.48. The fraction of sp³-hybridized carbons (Fsp3) is 0.457. The van der Waals surface area contributed by atoms with Crippen molar-refractivity contribution in [2.24, 2.45) is 10.8 Å². The van der Waals surface area contributed by atoms with Gasteiger partial charge in [0.15, 0.2) is 5.16 Å². The minimum atomic E-state index is 0.161. The number of piperazine rings is 1. The van der Waals surface area contributed by atoms with E-state index in [1.54, 1.807) is 11.8 Å². The second-order valence-electron chi connectivity index (χ2n) is 13.6. The zero-order valence-corrected chi connectivity index (χ0v) is 27.1. The average Bonchev–Trinajstić information content (AvgIpc) is 3.24. The van der Waals surface area contributed by atoms with Crippen LogP contribution in [0.2, 0.25) is 5.15 Å². The maximum atomic E-state index is 13.6. The summed E-state index contributed by atoms with van der Waals surface area (Å²) in [7, 11) is 0. The van der Waals surface area contributed by atoms with Crippen LogP contribution in [-0.2, 0) is 5.75 Å². The first kappa shape index (κ1) is 30.2. The van der Waals surface area contributed by atoms with Crippen molar-refractivity contribution in [3.63, 3.8) is 0 Å². The number of benzene rings is 2. The molecule has 1 amide bonds. The molecule has 2 saturated heterocycles. The van der Waals surface area contributed by atoms with Gasteiger partial charge >= 0.3 is 0 Å². The van der Waals surface area contributed by atoms with E-state index in [1.807, 2.05) is 30.3 Å². The van der Waals surface area contributed by atoms with E-state index in [-0.39, 0.29) is 16.7 Å². The third kappa shape index (κ3) is 7.44. The van der Waals surface area contributed by atoms with Crippen LogP contribution in [0.4, 0.5) is 5.82 Å². The number of rotatable bonds is 8. The Hall–Kier alpha value is -2.87. The smallest absolute Gasteiger partial charge is 0.254 e. The monoisotopic (exact) mass is 615 g/mol. The van der Waals surface area contributed by atoms with Crippen molar-refractivity contribution in [2.75, 3.05) is 44.2 Å². The summed E-state index contributed by atoms with van der Waals surface area (Å²) in [5.74, 6) is 1.72. The highest BCUT2D eigenvalue weighted by Crippen LogP contribution is 2.52. The standard InChI is InChI=1S/C35H42ClN5OS/c1-34(2)21-29-22-35(3,24-34)25-41(29)32(42)28-13-7-11-27(19-28)23-43-33-37-30(36)20-31(38-33)40-17-15-39(16-18-40)14-8-12-26-9-5-4-6-10-26/h4-13,19-20,29H,14-18,21-25H2,1-3H3/b12-8+. The molecule has 2 atom stereocenters. The molecule has 6 rings (SSSR count). The molecule has 8 heteroatoms. The number of fused-ring (bicyclic) bond motifs is 2. The zero-order valence-electron chi connectivity index (χ0n) is 25.5. The Morgan fingerprint density at radius 2 is 1.79 bits per heavy atom. The molecule has 43 heavy (non-hydrogen) atoms. The lowest BCUT2D eigenvalue weighted by Crippen LogP contribution is -2.46. The van der Waals surface area contributed by atoms with Crippen LogP contribution in [0.15, 0.2) is 71.9 Å². The molecular formula is C35H42ClN5OS. The molecule has 2 unspecified atom stereocenters. The van der Waals surface area contributed by atoms with Crippen LogP contribution in [0, 0.1) is 10.8 Å². The number of amides is 1. The number of carbonyl (C=O) groups excluding carboxylic acids is 1. The van der Waals surface area contributed by atoms with E-state index in [9.17, 15) is 4.79 Å². The van der Waals surface area contributed by atoms with Crippen LogP contribution >= 0.6 is 23.4 Å². The lowest BCUT2D eigenvalue weighted by atomic mass is 9.65. The number of nitrogens with zero attached hydrogens (tertiary/aromatic N) is 5. The van der Waals surface area contributed by atoms with Crippen LogP contribution < -0.4 is 4.90 Å². The minimum Gasteiger partial charge on any atom is -0.354 e. The summed E-state index contributed by atoms with van der Waals surface area (Å²) < 4.78 is 0. The van der Waals surface area contributed by atoms with Crippen LogP contribution in [0.1, 0.15) is 61.5 Å². The number of thioether (sulfide) groups is 1. The highest BCUT2D eigenvalue weighted by Gasteiger charge is 2.51. The molecule has 1 saturated carbocycles.